The Balaban J connectivity index is 2.85. The van der Waals surface area contributed by atoms with E-state index in [9.17, 15) is 9.59 Å². The molecule has 0 atom stereocenters. The number of rotatable bonds is 6. The van der Waals surface area contributed by atoms with Gasteiger partial charge in [-0.2, -0.15) is 0 Å². The molecule has 0 aromatic heterocycles. The zero-order valence-electron chi connectivity index (χ0n) is 9.30. The molecular weight excluding hydrogens is 226 g/mol. The van der Waals surface area contributed by atoms with Gasteiger partial charge in [0.2, 0.25) is 5.91 Å². The summed E-state index contributed by atoms with van der Waals surface area (Å²) in [6, 6.07) is 4.76. The van der Waals surface area contributed by atoms with Crippen LogP contribution in [0.25, 0.3) is 0 Å². The van der Waals surface area contributed by atoms with Gasteiger partial charge in [0.05, 0.1) is 13.5 Å². The van der Waals surface area contributed by atoms with E-state index in [1.165, 1.54) is 7.11 Å². The van der Waals surface area contributed by atoms with Gasteiger partial charge in [-0.15, -0.1) is 0 Å². The van der Waals surface area contributed by atoms with Crippen LogP contribution in [0.15, 0.2) is 18.2 Å². The van der Waals surface area contributed by atoms with Gasteiger partial charge in [-0.1, -0.05) is 6.07 Å². The first-order valence-corrected chi connectivity index (χ1v) is 4.82. The molecule has 3 N–H and O–H groups in total. The van der Waals surface area contributed by atoms with Crippen LogP contribution in [-0.2, 0) is 16.0 Å². The number of carbonyl (C=O) groups is 2. The van der Waals surface area contributed by atoms with E-state index >= 15 is 0 Å². The van der Waals surface area contributed by atoms with Crippen molar-refractivity contribution in [2.24, 2.45) is 5.73 Å². The van der Waals surface area contributed by atoms with Crippen molar-refractivity contribution < 1.29 is 24.2 Å². The summed E-state index contributed by atoms with van der Waals surface area (Å²) in [5.41, 5.74) is 5.74. The number of nitrogens with two attached hydrogens (primary N) is 1. The molecule has 1 amide bonds. The first-order valence-electron chi connectivity index (χ1n) is 4.82. The number of carboxylic acids is 1. The lowest BCUT2D eigenvalue weighted by molar-refractivity contribution is -0.139. The van der Waals surface area contributed by atoms with Crippen molar-refractivity contribution in [2.75, 3.05) is 13.7 Å². The number of benzene rings is 1. The molecule has 0 unspecified atom stereocenters. The lowest BCUT2D eigenvalue weighted by atomic mass is 10.1. The number of aliphatic carboxylic acids is 1. The molecule has 0 spiro atoms. The molecule has 0 saturated carbocycles. The third-order valence-corrected chi connectivity index (χ3v) is 1.96. The van der Waals surface area contributed by atoms with Crippen molar-refractivity contribution in [1.29, 1.82) is 0 Å². The Hall–Kier alpha value is -2.24. The van der Waals surface area contributed by atoms with Gasteiger partial charge in [-0.05, 0) is 17.7 Å². The molecule has 0 radical (unpaired) electrons. The predicted molar refractivity (Wildman–Crippen MR) is 59.0 cm³/mol. The van der Waals surface area contributed by atoms with E-state index in [4.69, 9.17) is 20.3 Å². The standard InChI is InChI=1S/C11H13NO5/c1-16-9-4-7(5-10(12)13)2-3-8(9)17-6-11(14)15/h2-4H,5-6H2,1H3,(H2,12,13)(H,14,15). The lowest BCUT2D eigenvalue weighted by Crippen LogP contribution is -2.14. The molecule has 1 aromatic rings. The van der Waals surface area contributed by atoms with Crippen molar-refractivity contribution in [3.05, 3.63) is 23.8 Å². The second-order valence-electron chi connectivity index (χ2n) is 3.31. The average molecular weight is 239 g/mol. The van der Waals surface area contributed by atoms with Crippen LogP contribution in [0, 0.1) is 0 Å². The van der Waals surface area contributed by atoms with Crippen LogP contribution in [0.5, 0.6) is 11.5 Å². The van der Waals surface area contributed by atoms with E-state index in [2.05, 4.69) is 0 Å². The third-order valence-electron chi connectivity index (χ3n) is 1.96. The van der Waals surface area contributed by atoms with Crippen LogP contribution >= 0.6 is 0 Å². The minimum absolute atomic E-state index is 0.0928. The molecule has 0 aliphatic carbocycles. The second kappa shape index (κ2) is 5.74. The summed E-state index contributed by atoms with van der Waals surface area (Å²) >= 11 is 0. The van der Waals surface area contributed by atoms with E-state index in [1.807, 2.05) is 0 Å². The lowest BCUT2D eigenvalue weighted by Gasteiger charge is -2.10. The van der Waals surface area contributed by atoms with Crippen LogP contribution in [0.4, 0.5) is 0 Å². The summed E-state index contributed by atoms with van der Waals surface area (Å²) < 4.78 is 10.0. The SMILES string of the molecule is COc1cc(CC(N)=O)ccc1OCC(=O)O. The molecule has 0 heterocycles. The van der Waals surface area contributed by atoms with E-state index < -0.39 is 18.5 Å². The van der Waals surface area contributed by atoms with Gasteiger partial charge in [-0.25, -0.2) is 4.79 Å². The van der Waals surface area contributed by atoms with E-state index in [0.29, 0.717) is 17.1 Å². The summed E-state index contributed by atoms with van der Waals surface area (Å²) in [4.78, 5) is 21.1. The molecule has 1 aromatic carbocycles. The number of methoxy groups -OCH3 is 1. The number of primary amides is 1. The molecule has 0 aliphatic heterocycles. The number of carbonyl (C=O) groups excluding carboxylic acids is 1. The second-order valence-corrected chi connectivity index (χ2v) is 3.31. The summed E-state index contributed by atoms with van der Waals surface area (Å²) in [7, 11) is 1.43. The summed E-state index contributed by atoms with van der Waals surface area (Å²) in [5.74, 6) is -0.854. The largest absolute Gasteiger partial charge is 0.493 e. The smallest absolute Gasteiger partial charge is 0.341 e. The predicted octanol–water partition coefficient (Wildman–Crippen LogP) is 0.186. The van der Waals surface area contributed by atoms with Crippen LogP contribution in [0.2, 0.25) is 0 Å². The van der Waals surface area contributed by atoms with Crippen molar-refractivity contribution in [1.82, 2.24) is 0 Å². The molecule has 6 heteroatoms. The van der Waals surface area contributed by atoms with Crippen LogP contribution in [0.3, 0.4) is 0 Å². The van der Waals surface area contributed by atoms with Crippen molar-refractivity contribution in [2.45, 2.75) is 6.42 Å². The minimum atomic E-state index is -1.08. The first-order chi connectivity index (χ1) is 8.02. The highest BCUT2D eigenvalue weighted by Crippen LogP contribution is 2.28. The molecule has 0 fully saturated rings. The molecule has 92 valence electrons. The molecule has 17 heavy (non-hydrogen) atoms. The third kappa shape index (κ3) is 4.02. The highest BCUT2D eigenvalue weighted by molar-refractivity contribution is 5.76. The average Bonchev–Trinajstić information content (AvgIpc) is 2.26. The molecule has 0 bridgehead atoms. The maximum absolute atomic E-state index is 10.7. The highest BCUT2D eigenvalue weighted by Gasteiger charge is 2.08. The van der Waals surface area contributed by atoms with Crippen molar-refractivity contribution >= 4 is 11.9 Å². The number of ether oxygens (including phenoxy) is 2. The maximum Gasteiger partial charge on any atom is 0.341 e. The van der Waals surface area contributed by atoms with Crippen LogP contribution in [-0.4, -0.2) is 30.7 Å². The summed E-state index contributed by atoms with van der Waals surface area (Å²) in [5, 5.41) is 8.48. The Kier molecular flexibility index (Phi) is 4.33. The number of hydrogen-bond donors (Lipinski definition) is 2. The van der Waals surface area contributed by atoms with Crippen molar-refractivity contribution in [3.8, 4) is 11.5 Å². The van der Waals surface area contributed by atoms with Crippen LogP contribution < -0.4 is 15.2 Å². The molecule has 1 rings (SSSR count). The van der Waals surface area contributed by atoms with E-state index in [0.717, 1.165) is 0 Å². The van der Waals surface area contributed by atoms with Crippen molar-refractivity contribution in [3.63, 3.8) is 0 Å². The monoisotopic (exact) mass is 239 g/mol. The number of hydrogen-bond acceptors (Lipinski definition) is 4. The molecule has 0 aliphatic rings. The minimum Gasteiger partial charge on any atom is -0.493 e. The Labute approximate surface area is 97.9 Å². The Morgan fingerprint density at radius 3 is 2.59 bits per heavy atom. The van der Waals surface area contributed by atoms with Gasteiger partial charge in [0.15, 0.2) is 18.1 Å². The zero-order valence-corrected chi connectivity index (χ0v) is 9.30. The Morgan fingerprint density at radius 1 is 1.35 bits per heavy atom. The first kappa shape index (κ1) is 12.8. The fourth-order valence-corrected chi connectivity index (χ4v) is 1.28. The van der Waals surface area contributed by atoms with E-state index in [1.54, 1.807) is 18.2 Å². The maximum atomic E-state index is 10.7. The highest BCUT2D eigenvalue weighted by atomic mass is 16.5. The van der Waals surface area contributed by atoms with Gasteiger partial charge in [0.25, 0.3) is 0 Å². The zero-order chi connectivity index (χ0) is 12.8. The van der Waals surface area contributed by atoms with Gasteiger partial charge >= 0.3 is 5.97 Å². The molecule has 0 saturated heterocycles. The van der Waals surface area contributed by atoms with Crippen LogP contribution in [0.1, 0.15) is 5.56 Å². The van der Waals surface area contributed by atoms with Gasteiger partial charge in [-0.3, -0.25) is 4.79 Å². The van der Waals surface area contributed by atoms with Gasteiger partial charge in [0, 0.05) is 0 Å². The number of carboxylic acid groups (broad SMARTS) is 1. The molecule has 6 nitrogen and oxygen atoms in total. The topological polar surface area (TPSA) is 98.9 Å². The fraction of sp³-hybridized carbons (Fsp3) is 0.273. The normalized spacial score (nSPS) is 9.71. The summed E-state index contributed by atoms with van der Waals surface area (Å²) in [6.07, 6.45) is 0.0928. The Bertz CT molecular complexity index is 430. The Morgan fingerprint density at radius 2 is 2.06 bits per heavy atom. The quantitative estimate of drug-likeness (QED) is 0.738. The van der Waals surface area contributed by atoms with Gasteiger partial charge in [0.1, 0.15) is 0 Å². The summed E-state index contributed by atoms with van der Waals surface area (Å²) in [6.45, 7) is -0.453. The number of amides is 1. The molecular formula is C11H13NO5. The fourth-order valence-electron chi connectivity index (χ4n) is 1.28. The van der Waals surface area contributed by atoms with E-state index in [-0.39, 0.29) is 6.42 Å². The van der Waals surface area contributed by atoms with Gasteiger partial charge < -0.3 is 20.3 Å².